The molecule has 1 aliphatic carbocycles. The van der Waals surface area contributed by atoms with Crippen molar-refractivity contribution in [2.45, 2.75) is 57.3 Å². The molecule has 0 bridgehead atoms. The number of carbonyl (C=O) groups is 1. The van der Waals surface area contributed by atoms with Gasteiger partial charge < -0.3 is 5.32 Å². The molecular formula is C17H20Cl2F3N5O. The van der Waals surface area contributed by atoms with Gasteiger partial charge in [-0.3, -0.25) is 14.2 Å². The number of hydrogen-bond donors (Lipinski definition) is 1. The standard InChI is InChI=1S/C17H20Cl2F3N5O/c1-16(2,27-9-11(18)8-24-27)15(28)23-6-3-7-26-13(10-4-5-10)12(19)14(25-26)17(20,21)22/h8-10H,3-7H2,1-2H3,(H,23,28). The summed E-state index contributed by atoms with van der Waals surface area (Å²) in [6.07, 6.45) is 0.426. The first-order valence-corrected chi connectivity index (χ1v) is 9.59. The summed E-state index contributed by atoms with van der Waals surface area (Å²) in [6.45, 7) is 3.90. The molecule has 2 aromatic rings. The topological polar surface area (TPSA) is 64.7 Å². The van der Waals surface area contributed by atoms with Crippen LogP contribution in [0, 0.1) is 0 Å². The fourth-order valence-corrected chi connectivity index (χ4v) is 3.44. The second-order valence-electron chi connectivity index (χ2n) is 7.31. The zero-order valence-corrected chi connectivity index (χ0v) is 16.9. The van der Waals surface area contributed by atoms with E-state index in [2.05, 4.69) is 15.5 Å². The van der Waals surface area contributed by atoms with E-state index in [1.54, 1.807) is 20.0 Å². The van der Waals surface area contributed by atoms with E-state index in [-0.39, 0.29) is 29.9 Å². The lowest BCUT2D eigenvalue weighted by molar-refractivity contribution is -0.141. The van der Waals surface area contributed by atoms with Crippen molar-refractivity contribution < 1.29 is 18.0 Å². The van der Waals surface area contributed by atoms with Crippen LogP contribution >= 0.6 is 23.2 Å². The smallest absolute Gasteiger partial charge is 0.354 e. The highest BCUT2D eigenvalue weighted by molar-refractivity contribution is 6.32. The number of amides is 1. The minimum absolute atomic E-state index is 0.0224. The van der Waals surface area contributed by atoms with Crippen molar-refractivity contribution in [3.63, 3.8) is 0 Å². The van der Waals surface area contributed by atoms with Crippen LogP contribution in [-0.2, 0) is 23.1 Å². The van der Waals surface area contributed by atoms with Crippen molar-refractivity contribution in [1.82, 2.24) is 24.9 Å². The van der Waals surface area contributed by atoms with Gasteiger partial charge >= 0.3 is 6.18 Å². The number of nitrogens with zero attached hydrogens (tertiary/aromatic N) is 4. The maximum absolute atomic E-state index is 13.1. The van der Waals surface area contributed by atoms with Gasteiger partial charge in [0.25, 0.3) is 0 Å². The minimum atomic E-state index is -4.59. The van der Waals surface area contributed by atoms with Crippen LogP contribution in [0.4, 0.5) is 13.2 Å². The Kier molecular flexibility index (Phi) is 5.69. The number of hydrogen-bond acceptors (Lipinski definition) is 3. The summed E-state index contributed by atoms with van der Waals surface area (Å²) in [4.78, 5) is 12.5. The Hall–Kier alpha value is -1.74. The quantitative estimate of drug-likeness (QED) is 0.659. The summed E-state index contributed by atoms with van der Waals surface area (Å²) in [5.74, 6) is -0.252. The first-order chi connectivity index (χ1) is 13.0. The number of halogens is 5. The fourth-order valence-electron chi connectivity index (χ4n) is 2.91. The third-order valence-corrected chi connectivity index (χ3v) is 5.24. The molecule has 28 heavy (non-hydrogen) atoms. The predicted octanol–water partition coefficient (Wildman–Crippen LogP) is 4.22. The summed E-state index contributed by atoms with van der Waals surface area (Å²) in [5, 5.41) is 10.6. The zero-order valence-electron chi connectivity index (χ0n) is 15.4. The van der Waals surface area contributed by atoms with E-state index in [1.165, 1.54) is 15.6 Å². The number of alkyl halides is 3. The van der Waals surface area contributed by atoms with Crippen LogP contribution < -0.4 is 5.32 Å². The largest absolute Gasteiger partial charge is 0.436 e. The Morgan fingerprint density at radius 1 is 1.32 bits per heavy atom. The van der Waals surface area contributed by atoms with Crippen LogP contribution in [0.3, 0.4) is 0 Å². The Balaban J connectivity index is 1.60. The maximum Gasteiger partial charge on any atom is 0.436 e. The van der Waals surface area contributed by atoms with Crippen molar-refractivity contribution in [2.75, 3.05) is 6.54 Å². The monoisotopic (exact) mass is 437 g/mol. The summed E-state index contributed by atoms with van der Waals surface area (Å²) in [6, 6.07) is 0. The highest BCUT2D eigenvalue weighted by Gasteiger charge is 2.42. The number of rotatable bonds is 7. The molecule has 2 heterocycles. The molecule has 1 saturated carbocycles. The lowest BCUT2D eigenvalue weighted by atomic mass is 10.1. The van der Waals surface area contributed by atoms with Crippen molar-refractivity contribution in [1.29, 1.82) is 0 Å². The first-order valence-electron chi connectivity index (χ1n) is 8.84. The minimum Gasteiger partial charge on any atom is -0.354 e. The molecule has 0 aliphatic heterocycles. The first kappa shape index (κ1) is 21.0. The molecule has 6 nitrogen and oxygen atoms in total. The van der Waals surface area contributed by atoms with Crippen LogP contribution in [0.25, 0.3) is 0 Å². The Morgan fingerprint density at radius 3 is 2.54 bits per heavy atom. The number of nitrogens with one attached hydrogen (secondary N) is 1. The van der Waals surface area contributed by atoms with E-state index in [0.717, 1.165) is 12.8 Å². The van der Waals surface area contributed by atoms with E-state index in [0.29, 0.717) is 17.1 Å². The second-order valence-corrected chi connectivity index (χ2v) is 8.13. The number of aryl methyl sites for hydroxylation is 1. The van der Waals surface area contributed by atoms with E-state index in [4.69, 9.17) is 23.2 Å². The van der Waals surface area contributed by atoms with E-state index < -0.39 is 17.4 Å². The fraction of sp³-hybridized carbons (Fsp3) is 0.588. The summed E-state index contributed by atoms with van der Waals surface area (Å²) in [7, 11) is 0. The van der Waals surface area contributed by atoms with Gasteiger partial charge in [0.1, 0.15) is 5.54 Å². The van der Waals surface area contributed by atoms with Gasteiger partial charge in [-0.2, -0.15) is 23.4 Å². The average molecular weight is 438 g/mol. The molecule has 0 saturated heterocycles. The molecule has 0 aromatic carbocycles. The maximum atomic E-state index is 13.1. The van der Waals surface area contributed by atoms with Crippen LogP contribution in [0.2, 0.25) is 10.0 Å². The number of carbonyl (C=O) groups excluding carboxylic acids is 1. The summed E-state index contributed by atoms with van der Waals surface area (Å²) >= 11 is 11.8. The van der Waals surface area contributed by atoms with E-state index >= 15 is 0 Å². The predicted molar refractivity (Wildman–Crippen MR) is 98.4 cm³/mol. The molecule has 11 heteroatoms. The van der Waals surface area contributed by atoms with E-state index in [9.17, 15) is 18.0 Å². The lowest BCUT2D eigenvalue weighted by Crippen LogP contribution is -2.45. The molecule has 1 N–H and O–H groups in total. The van der Waals surface area contributed by atoms with Crippen molar-refractivity contribution in [2.24, 2.45) is 0 Å². The van der Waals surface area contributed by atoms with Crippen molar-refractivity contribution in [3.05, 3.63) is 33.8 Å². The molecule has 1 fully saturated rings. The van der Waals surface area contributed by atoms with Gasteiger partial charge in [0.05, 0.1) is 21.9 Å². The number of aromatic nitrogens is 4. The molecule has 2 aromatic heterocycles. The molecule has 0 atom stereocenters. The van der Waals surface area contributed by atoms with Crippen LogP contribution in [0.1, 0.15) is 50.4 Å². The van der Waals surface area contributed by atoms with Gasteiger partial charge in [-0.05, 0) is 33.1 Å². The van der Waals surface area contributed by atoms with Gasteiger partial charge in [0, 0.05) is 25.2 Å². The molecule has 1 amide bonds. The molecule has 0 radical (unpaired) electrons. The van der Waals surface area contributed by atoms with Gasteiger partial charge in [0.15, 0.2) is 5.69 Å². The Morgan fingerprint density at radius 2 is 2.00 bits per heavy atom. The molecule has 154 valence electrons. The van der Waals surface area contributed by atoms with Crippen LogP contribution in [0.15, 0.2) is 12.4 Å². The summed E-state index contributed by atoms with van der Waals surface area (Å²) < 4.78 is 42.0. The molecule has 0 spiro atoms. The molecule has 0 unspecified atom stereocenters. The molecular weight excluding hydrogens is 418 g/mol. The van der Waals surface area contributed by atoms with Gasteiger partial charge in [-0.1, -0.05) is 23.2 Å². The Bertz CT molecular complexity index is 871. The normalized spacial score (nSPS) is 15.1. The molecule has 3 rings (SSSR count). The average Bonchev–Trinajstić information content (AvgIpc) is 3.23. The van der Waals surface area contributed by atoms with Crippen LogP contribution in [-0.4, -0.2) is 32.0 Å². The van der Waals surface area contributed by atoms with Crippen molar-refractivity contribution in [3.8, 4) is 0 Å². The third kappa shape index (κ3) is 4.30. The highest BCUT2D eigenvalue weighted by Crippen LogP contribution is 2.46. The third-order valence-electron chi connectivity index (χ3n) is 4.68. The van der Waals surface area contributed by atoms with Gasteiger partial charge in [-0.25, -0.2) is 0 Å². The van der Waals surface area contributed by atoms with Crippen LogP contribution in [0.5, 0.6) is 0 Å². The zero-order chi connectivity index (χ0) is 20.7. The Labute approximate surface area is 170 Å². The summed E-state index contributed by atoms with van der Waals surface area (Å²) in [5.41, 5.74) is -1.56. The van der Waals surface area contributed by atoms with Gasteiger partial charge in [0.2, 0.25) is 5.91 Å². The van der Waals surface area contributed by atoms with Crippen molar-refractivity contribution >= 4 is 29.1 Å². The second kappa shape index (κ2) is 7.59. The SMILES string of the molecule is CC(C)(C(=O)NCCCn1nc(C(F)(F)F)c(Cl)c1C1CC1)n1cc(Cl)cn1. The van der Waals surface area contributed by atoms with Gasteiger partial charge in [-0.15, -0.1) is 0 Å². The van der Waals surface area contributed by atoms with E-state index in [1.807, 2.05) is 0 Å². The highest BCUT2D eigenvalue weighted by atomic mass is 35.5. The molecule has 1 aliphatic rings. The lowest BCUT2D eigenvalue weighted by Gasteiger charge is -2.24.